The Balaban J connectivity index is 2.12. The molecule has 1 atom stereocenters. The van der Waals surface area contributed by atoms with Crippen LogP contribution in [0.5, 0.6) is 0 Å². The minimum absolute atomic E-state index is 0.311. The van der Waals surface area contributed by atoms with Gasteiger partial charge in [-0.25, -0.2) is 0 Å². The maximum absolute atomic E-state index is 5.99. The summed E-state index contributed by atoms with van der Waals surface area (Å²) in [6.07, 6.45) is 4.10. The van der Waals surface area contributed by atoms with Crippen LogP contribution < -0.4 is 5.73 Å². The summed E-state index contributed by atoms with van der Waals surface area (Å²) >= 11 is 2.05. The van der Waals surface area contributed by atoms with E-state index in [0.717, 1.165) is 19.6 Å². The van der Waals surface area contributed by atoms with Crippen molar-refractivity contribution in [3.05, 3.63) is 18.0 Å². The Morgan fingerprint density at radius 3 is 2.89 bits per heavy atom. The van der Waals surface area contributed by atoms with Crippen LogP contribution in [0.3, 0.4) is 0 Å². The highest BCUT2D eigenvalue weighted by atomic mass is 32.2. The van der Waals surface area contributed by atoms with Crippen LogP contribution in [0, 0.1) is 0 Å². The molecule has 2 N–H and O–H groups in total. The first-order valence-corrected chi connectivity index (χ1v) is 7.64. The van der Waals surface area contributed by atoms with Crippen molar-refractivity contribution in [3.8, 4) is 0 Å². The van der Waals surface area contributed by atoms with Crippen molar-refractivity contribution in [3.63, 3.8) is 0 Å². The number of rotatable bonds is 4. The number of thioether (sulfide) groups is 1. The summed E-state index contributed by atoms with van der Waals surface area (Å²) in [6.45, 7) is 10.5. The molecule has 0 aliphatic carbocycles. The highest BCUT2D eigenvalue weighted by molar-refractivity contribution is 8.00. The molecule has 0 bridgehead atoms. The molecule has 4 nitrogen and oxygen atoms in total. The molecular formula is C13H24N4S. The van der Waals surface area contributed by atoms with E-state index in [9.17, 15) is 0 Å². The fraction of sp³-hybridized carbons (Fsp3) is 0.769. The van der Waals surface area contributed by atoms with E-state index in [0.29, 0.717) is 17.3 Å². The third kappa shape index (κ3) is 3.08. The lowest BCUT2D eigenvalue weighted by molar-refractivity contribution is 0.192. The molecule has 5 heteroatoms. The molecule has 1 aromatic heterocycles. The van der Waals surface area contributed by atoms with Gasteiger partial charge in [-0.05, 0) is 20.8 Å². The number of hydrogen-bond donors (Lipinski definition) is 1. The summed E-state index contributed by atoms with van der Waals surface area (Å²) in [5.41, 5.74) is 7.24. The summed E-state index contributed by atoms with van der Waals surface area (Å²) in [7, 11) is 0. The monoisotopic (exact) mass is 268 g/mol. The molecule has 1 saturated heterocycles. The minimum Gasteiger partial charge on any atom is -0.329 e. The van der Waals surface area contributed by atoms with Crippen LogP contribution in [-0.2, 0) is 6.54 Å². The van der Waals surface area contributed by atoms with Gasteiger partial charge < -0.3 is 5.73 Å². The molecule has 1 aliphatic rings. The van der Waals surface area contributed by atoms with Gasteiger partial charge in [0, 0.05) is 48.4 Å². The molecule has 1 aromatic rings. The second-order valence-corrected chi connectivity index (χ2v) is 7.26. The fourth-order valence-electron chi connectivity index (χ4n) is 2.54. The molecule has 0 spiro atoms. The van der Waals surface area contributed by atoms with Crippen LogP contribution in [0.25, 0.3) is 0 Å². The van der Waals surface area contributed by atoms with Crippen LogP contribution in [0.15, 0.2) is 12.4 Å². The van der Waals surface area contributed by atoms with Gasteiger partial charge in [-0.2, -0.15) is 16.9 Å². The SMILES string of the molecule is CCn1cc(C(CN)N2CCSC(C)(C)C2)cn1. The molecule has 0 aromatic carbocycles. The zero-order valence-electron chi connectivity index (χ0n) is 11.6. The first-order chi connectivity index (χ1) is 8.55. The van der Waals surface area contributed by atoms with E-state index in [1.165, 1.54) is 11.3 Å². The molecule has 0 radical (unpaired) electrons. The second kappa shape index (κ2) is 5.63. The maximum atomic E-state index is 5.99. The maximum Gasteiger partial charge on any atom is 0.0538 e. The van der Waals surface area contributed by atoms with E-state index in [1.807, 2.05) is 10.9 Å². The third-order valence-corrected chi connectivity index (χ3v) is 4.78. The van der Waals surface area contributed by atoms with Crippen LogP contribution in [-0.4, -0.2) is 44.8 Å². The number of aryl methyl sites for hydroxylation is 1. The molecule has 18 heavy (non-hydrogen) atoms. The number of hydrogen-bond acceptors (Lipinski definition) is 4. The standard InChI is InChI=1S/C13H24N4S/c1-4-17-9-11(8-15-17)12(7-14)16-5-6-18-13(2,3)10-16/h8-9,12H,4-7,10,14H2,1-3H3. The van der Waals surface area contributed by atoms with Crippen LogP contribution in [0.4, 0.5) is 0 Å². The highest BCUT2D eigenvalue weighted by Crippen LogP contribution is 2.33. The Kier molecular flexibility index (Phi) is 4.35. The van der Waals surface area contributed by atoms with Gasteiger partial charge in [0.05, 0.1) is 12.2 Å². The number of nitrogens with two attached hydrogens (primary N) is 1. The second-order valence-electron chi connectivity index (χ2n) is 5.46. The zero-order valence-corrected chi connectivity index (χ0v) is 12.4. The fourth-order valence-corrected chi connectivity index (χ4v) is 3.68. The van der Waals surface area contributed by atoms with Crippen LogP contribution in [0.2, 0.25) is 0 Å². The first kappa shape index (κ1) is 13.9. The van der Waals surface area contributed by atoms with Gasteiger partial charge in [0.15, 0.2) is 0 Å². The Morgan fingerprint density at radius 1 is 1.56 bits per heavy atom. The van der Waals surface area contributed by atoms with Crippen LogP contribution in [0.1, 0.15) is 32.4 Å². The molecule has 0 saturated carbocycles. The van der Waals surface area contributed by atoms with Crippen LogP contribution >= 0.6 is 11.8 Å². The lowest BCUT2D eigenvalue weighted by atomic mass is 10.1. The number of nitrogens with zero attached hydrogens (tertiary/aromatic N) is 3. The Bertz CT molecular complexity index is 388. The average Bonchev–Trinajstić information content (AvgIpc) is 2.77. The Hall–Kier alpha value is -0.520. The lowest BCUT2D eigenvalue weighted by Gasteiger charge is -2.41. The Labute approximate surface area is 114 Å². The largest absolute Gasteiger partial charge is 0.329 e. The number of aromatic nitrogens is 2. The summed E-state index contributed by atoms with van der Waals surface area (Å²) < 4.78 is 2.30. The smallest absolute Gasteiger partial charge is 0.0538 e. The molecule has 102 valence electrons. The highest BCUT2D eigenvalue weighted by Gasteiger charge is 2.31. The molecular weight excluding hydrogens is 244 g/mol. The lowest BCUT2D eigenvalue weighted by Crippen LogP contribution is -2.46. The van der Waals surface area contributed by atoms with Gasteiger partial charge in [0.1, 0.15) is 0 Å². The topological polar surface area (TPSA) is 47.1 Å². The van der Waals surface area contributed by atoms with Gasteiger partial charge in [-0.3, -0.25) is 9.58 Å². The van der Waals surface area contributed by atoms with Crippen molar-refractivity contribution in [2.75, 3.05) is 25.4 Å². The van der Waals surface area contributed by atoms with Crippen molar-refractivity contribution in [2.45, 2.75) is 38.1 Å². The van der Waals surface area contributed by atoms with E-state index < -0.39 is 0 Å². The summed E-state index contributed by atoms with van der Waals surface area (Å²) in [6, 6.07) is 0.311. The molecule has 1 fully saturated rings. The van der Waals surface area contributed by atoms with Gasteiger partial charge in [0.25, 0.3) is 0 Å². The minimum atomic E-state index is 0.311. The van der Waals surface area contributed by atoms with Gasteiger partial charge in [-0.1, -0.05) is 0 Å². The van der Waals surface area contributed by atoms with E-state index in [4.69, 9.17) is 5.73 Å². The quantitative estimate of drug-likeness (QED) is 0.903. The van der Waals surface area contributed by atoms with Crippen molar-refractivity contribution in [2.24, 2.45) is 5.73 Å². The van der Waals surface area contributed by atoms with E-state index in [2.05, 4.69) is 48.7 Å². The molecule has 0 amide bonds. The van der Waals surface area contributed by atoms with Crippen molar-refractivity contribution in [1.82, 2.24) is 14.7 Å². The molecule has 1 aliphatic heterocycles. The van der Waals surface area contributed by atoms with Gasteiger partial charge in [0.2, 0.25) is 0 Å². The van der Waals surface area contributed by atoms with Gasteiger partial charge >= 0.3 is 0 Å². The zero-order chi connectivity index (χ0) is 13.2. The Morgan fingerprint density at radius 2 is 2.33 bits per heavy atom. The summed E-state index contributed by atoms with van der Waals surface area (Å²) in [5, 5.41) is 4.36. The first-order valence-electron chi connectivity index (χ1n) is 6.66. The average molecular weight is 268 g/mol. The van der Waals surface area contributed by atoms with Crippen molar-refractivity contribution >= 4 is 11.8 Å². The molecule has 1 unspecified atom stereocenters. The van der Waals surface area contributed by atoms with Crippen molar-refractivity contribution < 1.29 is 0 Å². The summed E-state index contributed by atoms with van der Waals surface area (Å²) in [4.78, 5) is 2.51. The predicted molar refractivity (Wildman–Crippen MR) is 77.8 cm³/mol. The predicted octanol–water partition coefficient (Wildman–Crippen LogP) is 1.73. The van der Waals surface area contributed by atoms with Gasteiger partial charge in [-0.15, -0.1) is 0 Å². The normalized spacial score (nSPS) is 22.0. The van der Waals surface area contributed by atoms with E-state index in [-0.39, 0.29) is 0 Å². The third-order valence-electron chi connectivity index (χ3n) is 3.48. The molecule has 2 heterocycles. The van der Waals surface area contributed by atoms with E-state index in [1.54, 1.807) is 0 Å². The summed E-state index contributed by atoms with van der Waals surface area (Å²) in [5.74, 6) is 1.19. The van der Waals surface area contributed by atoms with Crippen molar-refractivity contribution in [1.29, 1.82) is 0 Å². The molecule has 2 rings (SSSR count). The van der Waals surface area contributed by atoms with E-state index >= 15 is 0 Å².